The molecule has 0 amide bonds. The third-order valence-electron chi connectivity index (χ3n) is 3.38. The van der Waals surface area contributed by atoms with Gasteiger partial charge in [-0.3, -0.25) is 14.9 Å². The van der Waals surface area contributed by atoms with Crippen LogP contribution in [0.25, 0.3) is 22.6 Å². The van der Waals surface area contributed by atoms with Crippen molar-refractivity contribution in [3.63, 3.8) is 0 Å². The van der Waals surface area contributed by atoms with E-state index in [4.69, 9.17) is 0 Å². The van der Waals surface area contributed by atoms with Gasteiger partial charge in [-0.15, -0.1) is 4.68 Å². The Bertz CT molecular complexity index is 1050. The van der Waals surface area contributed by atoms with Crippen LogP contribution in [0.1, 0.15) is 0 Å². The second-order valence-electron chi connectivity index (χ2n) is 4.85. The Balaban J connectivity index is 2.25. The molecule has 0 fully saturated rings. The van der Waals surface area contributed by atoms with Crippen molar-refractivity contribution in [2.75, 3.05) is 0 Å². The molecular formula is C13H11N6O4+. The van der Waals surface area contributed by atoms with Gasteiger partial charge in [0.15, 0.2) is 0 Å². The van der Waals surface area contributed by atoms with Crippen LogP contribution in [0.15, 0.2) is 33.9 Å². The van der Waals surface area contributed by atoms with Gasteiger partial charge in [-0.05, 0) is 12.1 Å². The molecule has 10 heteroatoms. The van der Waals surface area contributed by atoms with E-state index < -0.39 is 16.2 Å². The molecule has 1 N–H and O–H groups in total. The zero-order chi connectivity index (χ0) is 16.7. The minimum atomic E-state index is -0.565. The molecule has 0 saturated carbocycles. The standard InChI is InChI=1S/C13H10N6O4/c1-17-12(20)9-11(15-13(17)21)18(2)16-10(14-9)7-3-5-8(6-4-7)19(22)23/h3-6H,1-2H3/p+1. The Labute approximate surface area is 127 Å². The van der Waals surface area contributed by atoms with Crippen LogP contribution in [-0.4, -0.2) is 24.6 Å². The maximum absolute atomic E-state index is 12.2. The van der Waals surface area contributed by atoms with Crippen molar-refractivity contribution in [1.29, 1.82) is 0 Å². The van der Waals surface area contributed by atoms with Crippen molar-refractivity contribution < 1.29 is 9.61 Å². The second kappa shape index (κ2) is 5.09. The number of non-ortho nitro benzene ring substituents is 1. The fraction of sp³-hybridized carbons (Fsp3) is 0.154. The van der Waals surface area contributed by atoms with Gasteiger partial charge in [0.05, 0.1) is 4.92 Å². The van der Waals surface area contributed by atoms with Crippen molar-refractivity contribution in [2.24, 2.45) is 14.1 Å². The molecule has 3 aromatic rings. The first-order chi connectivity index (χ1) is 10.9. The molecule has 0 saturated heterocycles. The predicted octanol–water partition coefficient (Wildman–Crippen LogP) is -0.584. The molecule has 0 atom stereocenters. The largest absolute Gasteiger partial charge is 0.416 e. The maximum atomic E-state index is 12.2. The van der Waals surface area contributed by atoms with E-state index >= 15 is 0 Å². The number of hydrogen-bond donors (Lipinski definition) is 1. The molecule has 3 rings (SSSR count). The molecule has 0 unspecified atom stereocenters. The summed E-state index contributed by atoms with van der Waals surface area (Å²) in [5.41, 5.74) is -0.406. The molecule has 0 aliphatic rings. The smallest absolute Gasteiger partial charge is 0.266 e. The molecule has 116 valence electrons. The van der Waals surface area contributed by atoms with Gasteiger partial charge in [0.2, 0.25) is 11.3 Å². The number of nitrogens with zero attached hydrogens (tertiary/aromatic N) is 5. The molecule has 0 spiro atoms. The zero-order valence-corrected chi connectivity index (χ0v) is 12.2. The fourth-order valence-electron chi connectivity index (χ4n) is 2.11. The highest BCUT2D eigenvalue weighted by molar-refractivity contribution is 5.68. The number of rotatable bonds is 2. The number of nitro groups is 1. The Kier molecular flexibility index (Phi) is 3.21. The van der Waals surface area contributed by atoms with Crippen molar-refractivity contribution in [1.82, 2.24) is 19.6 Å². The number of benzene rings is 1. The maximum Gasteiger partial charge on any atom is 0.416 e. The van der Waals surface area contributed by atoms with Crippen molar-refractivity contribution in [3.05, 3.63) is 55.2 Å². The van der Waals surface area contributed by atoms with Gasteiger partial charge in [-0.1, -0.05) is 5.10 Å². The summed E-state index contributed by atoms with van der Waals surface area (Å²) in [5.74, 6) is 0.221. The minimum absolute atomic E-state index is 0.0537. The predicted molar refractivity (Wildman–Crippen MR) is 78.7 cm³/mol. The van der Waals surface area contributed by atoms with E-state index in [9.17, 15) is 19.7 Å². The number of nitro benzene ring substituents is 1. The first kappa shape index (κ1) is 14.5. The quantitative estimate of drug-likeness (QED) is 0.383. The number of hydrogen-bond acceptors (Lipinski definition) is 6. The molecule has 0 aliphatic heterocycles. The van der Waals surface area contributed by atoms with Crippen molar-refractivity contribution in [3.8, 4) is 11.4 Å². The van der Waals surface area contributed by atoms with Gasteiger partial charge >= 0.3 is 11.3 Å². The van der Waals surface area contributed by atoms with Crippen LogP contribution >= 0.6 is 0 Å². The Hall–Kier alpha value is -3.43. The van der Waals surface area contributed by atoms with E-state index in [1.807, 2.05) is 0 Å². The molecule has 0 aliphatic carbocycles. The Morgan fingerprint density at radius 1 is 1.26 bits per heavy atom. The van der Waals surface area contributed by atoms with E-state index in [1.165, 1.54) is 36.0 Å². The lowest BCUT2D eigenvalue weighted by Gasteiger charge is -2.02. The SMILES string of the molecule is Cn1c(=O)[nH]c2c(nc(-c3ccc([N+](=O)[O-])cc3)n[n+]2C)c1=O. The van der Waals surface area contributed by atoms with Crippen LogP contribution in [0.3, 0.4) is 0 Å². The molecule has 0 radical (unpaired) electrons. The third kappa shape index (κ3) is 2.35. The van der Waals surface area contributed by atoms with Crippen molar-refractivity contribution in [2.45, 2.75) is 0 Å². The Morgan fingerprint density at radius 3 is 2.52 bits per heavy atom. The van der Waals surface area contributed by atoms with Gasteiger partial charge in [0.1, 0.15) is 7.05 Å². The van der Waals surface area contributed by atoms with E-state index in [-0.39, 0.29) is 22.7 Å². The molecular weight excluding hydrogens is 304 g/mol. The van der Waals surface area contributed by atoms with Gasteiger partial charge in [0.25, 0.3) is 11.2 Å². The topological polar surface area (TPSA) is 128 Å². The molecule has 2 aromatic heterocycles. The summed E-state index contributed by atoms with van der Waals surface area (Å²) in [6.07, 6.45) is 0. The van der Waals surface area contributed by atoms with Crippen LogP contribution in [-0.2, 0) is 14.1 Å². The fourth-order valence-corrected chi connectivity index (χ4v) is 2.11. The lowest BCUT2D eigenvalue weighted by Crippen LogP contribution is -2.42. The molecule has 2 heterocycles. The van der Waals surface area contributed by atoms with Crippen LogP contribution in [0.5, 0.6) is 0 Å². The highest BCUT2D eigenvalue weighted by Gasteiger charge is 2.18. The first-order valence-electron chi connectivity index (χ1n) is 6.50. The van der Waals surface area contributed by atoms with Crippen LogP contribution in [0.2, 0.25) is 0 Å². The van der Waals surface area contributed by atoms with E-state index in [0.29, 0.717) is 5.56 Å². The monoisotopic (exact) mass is 315 g/mol. The molecule has 0 bridgehead atoms. The van der Waals surface area contributed by atoms with E-state index in [1.54, 1.807) is 7.05 Å². The lowest BCUT2D eigenvalue weighted by molar-refractivity contribution is -0.707. The van der Waals surface area contributed by atoms with Gasteiger partial charge in [-0.25, -0.2) is 14.3 Å². The molecule has 23 heavy (non-hydrogen) atoms. The molecule has 10 nitrogen and oxygen atoms in total. The number of aromatic nitrogens is 5. The zero-order valence-electron chi connectivity index (χ0n) is 12.2. The number of fused-ring (bicyclic) bond motifs is 1. The number of H-pyrrole nitrogens is 1. The van der Waals surface area contributed by atoms with Crippen LogP contribution in [0, 0.1) is 10.1 Å². The van der Waals surface area contributed by atoms with E-state index in [2.05, 4.69) is 15.1 Å². The summed E-state index contributed by atoms with van der Waals surface area (Å²) in [6.45, 7) is 0. The Morgan fingerprint density at radius 2 is 1.91 bits per heavy atom. The normalized spacial score (nSPS) is 10.9. The van der Waals surface area contributed by atoms with Crippen LogP contribution < -0.4 is 15.9 Å². The summed E-state index contributed by atoms with van der Waals surface area (Å²) < 4.78 is 2.25. The van der Waals surface area contributed by atoms with Gasteiger partial charge in [0, 0.05) is 24.7 Å². The highest BCUT2D eigenvalue weighted by Crippen LogP contribution is 2.18. The van der Waals surface area contributed by atoms with Gasteiger partial charge < -0.3 is 0 Å². The molecule has 1 aromatic carbocycles. The van der Waals surface area contributed by atoms with E-state index in [0.717, 1.165) is 4.57 Å². The highest BCUT2D eigenvalue weighted by atomic mass is 16.6. The van der Waals surface area contributed by atoms with Gasteiger partial charge in [-0.2, -0.15) is 4.98 Å². The van der Waals surface area contributed by atoms with Crippen molar-refractivity contribution >= 4 is 16.9 Å². The average molecular weight is 315 g/mol. The summed E-state index contributed by atoms with van der Waals surface area (Å²) in [5, 5.41) is 14.9. The first-order valence-corrected chi connectivity index (χ1v) is 6.50. The summed E-state index contributed by atoms with van der Waals surface area (Å²) >= 11 is 0. The lowest BCUT2D eigenvalue weighted by atomic mass is 10.2. The summed E-state index contributed by atoms with van der Waals surface area (Å²) in [6, 6.07) is 5.65. The summed E-state index contributed by atoms with van der Waals surface area (Å²) in [4.78, 5) is 40.7. The summed E-state index contributed by atoms with van der Waals surface area (Å²) in [7, 11) is 2.91. The average Bonchev–Trinajstić information content (AvgIpc) is 2.53. The second-order valence-corrected chi connectivity index (χ2v) is 4.85. The number of aromatic amines is 1. The third-order valence-corrected chi connectivity index (χ3v) is 3.38. The number of aryl methyl sites for hydroxylation is 1. The minimum Gasteiger partial charge on any atom is -0.266 e. The van der Waals surface area contributed by atoms with Crippen LogP contribution in [0.4, 0.5) is 5.69 Å². The number of nitrogens with one attached hydrogen (secondary N) is 1.